The molecule has 28 heavy (non-hydrogen) atoms. The molecule has 0 radical (unpaired) electrons. The Morgan fingerprint density at radius 1 is 1.29 bits per heavy atom. The maximum Gasteiger partial charge on any atom is 0.245 e. The van der Waals surface area contributed by atoms with Gasteiger partial charge in [-0.2, -0.15) is 5.10 Å². The summed E-state index contributed by atoms with van der Waals surface area (Å²) in [7, 11) is 1.90. The Morgan fingerprint density at radius 3 is 2.68 bits per heavy atom. The lowest BCUT2D eigenvalue weighted by molar-refractivity contribution is -0.124. The third kappa shape index (κ3) is 4.24. The summed E-state index contributed by atoms with van der Waals surface area (Å²) in [5.74, 6) is -0.0259. The topological polar surface area (TPSA) is 90.5 Å². The molecule has 148 valence electrons. The summed E-state index contributed by atoms with van der Waals surface area (Å²) >= 11 is 0. The van der Waals surface area contributed by atoms with Crippen LogP contribution in [-0.4, -0.2) is 42.4 Å². The quantitative estimate of drug-likeness (QED) is 0.667. The highest BCUT2D eigenvalue weighted by molar-refractivity contribution is 5.80. The maximum atomic E-state index is 13.6. The molecule has 1 atom stereocenters. The Hall–Kier alpha value is -3.10. The zero-order valence-corrected chi connectivity index (χ0v) is 16.5. The molecule has 9 heteroatoms. The van der Waals surface area contributed by atoms with Crippen molar-refractivity contribution in [3.8, 4) is 0 Å². The Morgan fingerprint density at radius 2 is 2.07 bits per heavy atom. The highest BCUT2D eigenvalue weighted by Gasteiger charge is 2.24. The van der Waals surface area contributed by atoms with Crippen molar-refractivity contribution in [3.63, 3.8) is 0 Å². The fraction of sp³-hybridized carbons (Fsp3) is 0.421. The molecule has 0 spiro atoms. The highest BCUT2D eigenvalue weighted by Crippen LogP contribution is 2.17. The number of nitrogens with zero attached hydrogens (tertiary/aromatic N) is 6. The Bertz CT molecular complexity index is 979. The van der Waals surface area contributed by atoms with Crippen molar-refractivity contribution in [1.82, 2.24) is 35.3 Å². The predicted octanol–water partition coefficient (Wildman–Crippen LogP) is 1.61. The molecule has 0 fully saturated rings. The summed E-state index contributed by atoms with van der Waals surface area (Å²) in [6.45, 7) is 6.16. The summed E-state index contributed by atoms with van der Waals surface area (Å²) < 4.78 is 16.9. The monoisotopic (exact) mass is 385 g/mol. The van der Waals surface area contributed by atoms with Gasteiger partial charge in [0.1, 0.15) is 17.7 Å². The number of nitrogens with one attached hydrogen (secondary N) is 1. The minimum atomic E-state index is -0.659. The number of hydrogen-bond acceptors (Lipinski definition) is 5. The van der Waals surface area contributed by atoms with Gasteiger partial charge < -0.3 is 5.32 Å². The van der Waals surface area contributed by atoms with E-state index in [-0.39, 0.29) is 11.7 Å². The lowest BCUT2D eigenvalue weighted by Gasteiger charge is -2.18. The van der Waals surface area contributed by atoms with Crippen molar-refractivity contribution >= 4 is 5.91 Å². The van der Waals surface area contributed by atoms with E-state index in [0.29, 0.717) is 30.8 Å². The van der Waals surface area contributed by atoms with Crippen molar-refractivity contribution in [2.45, 2.75) is 39.7 Å². The van der Waals surface area contributed by atoms with Gasteiger partial charge in [-0.1, -0.05) is 12.1 Å². The van der Waals surface area contributed by atoms with Gasteiger partial charge in [0.25, 0.3) is 0 Å². The van der Waals surface area contributed by atoms with Crippen molar-refractivity contribution in [2.24, 2.45) is 7.05 Å². The number of benzene rings is 1. The first-order valence-corrected chi connectivity index (χ1v) is 9.12. The van der Waals surface area contributed by atoms with Crippen LogP contribution in [-0.2, 0) is 24.7 Å². The van der Waals surface area contributed by atoms with E-state index in [1.54, 1.807) is 19.1 Å². The summed E-state index contributed by atoms with van der Waals surface area (Å²) in [4.78, 5) is 12.9. The number of hydrogen-bond donors (Lipinski definition) is 1. The lowest BCUT2D eigenvalue weighted by Crippen LogP contribution is -2.36. The maximum absolute atomic E-state index is 13.6. The van der Waals surface area contributed by atoms with Gasteiger partial charge in [-0.25, -0.2) is 9.07 Å². The molecule has 3 aromatic rings. The summed E-state index contributed by atoms with van der Waals surface area (Å²) in [6.07, 6.45) is 0.971. The van der Waals surface area contributed by atoms with Crippen molar-refractivity contribution < 1.29 is 9.18 Å². The van der Waals surface area contributed by atoms with E-state index in [1.807, 2.05) is 25.6 Å². The van der Waals surface area contributed by atoms with Crippen LogP contribution in [0.4, 0.5) is 4.39 Å². The molecule has 3 rings (SSSR count). The van der Waals surface area contributed by atoms with Crippen LogP contribution >= 0.6 is 0 Å². The number of tetrazole rings is 1. The zero-order chi connectivity index (χ0) is 20.3. The van der Waals surface area contributed by atoms with Crippen molar-refractivity contribution in [1.29, 1.82) is 0 Å². The van der Waals surface area contributed by atoms with Gasteiger partial charge >= 0.3 is 0 Å². The third-order valence-corrected chi connectivity index (χ3v) is 4.91. The molecule has 8 nitrogen and oxygen atoms in total. The predicted molar refractivity (Wildman–Crippen MR) is 101 cm³/mol. The number of amides is 1. The SMILES string of the molecule is Cc1nn(C)c(C)c1CCNC(=O)C(Cc1cccc(F)c1)n1nnnc1C. The van der Waals surface area contributed by atoms with Crippen molar-refractivity contribution in [3.05, 3.63) is 58.4 Å². The summed E-state index contributed by atoms with van der Waals surface area (Å²) in [5, 5.41) is 18.8. The molecule has 1 N–H and O–H groups in total. The number of aromatic nitrogens is 6. The van der Waals surface area contributed by atoms with E-state index >= 15 is 0 Å². The smallest absolute Gasteiger partial charge is 0.245 e. The fourth-order valence-electron chi connectivity index (χ4n) is 3.31. The summed E-state index contributed by atoms with van der Waals surface area (Å²) in [5.41, 5.74) is 3.87. The minimum absolute atomic E-state index is 0.209. The second-order valence-corrected chi connectivity index (χ2v) is 6.83. The third-order valence-electron chi connectivity index (χ3n) is 4.91. The number of carbonyl (C=O) groups excluding carboxylic acids is 1. The Balaban J connectivity index is 1.72. The highest BCUT2D eigenvalue weighted by atomic mass is 19.1. The Labute approximate surface area is 162 Å². The molecular weight excluding hydrogens is 361 g/mol. The van der Waals surface area contributed by atoms with Gasteiger partial charge in [-0.15, -0.1) is 5.10 Å². The van der Waals surface area contributed by atoms with E-state index in [1.165, 1.54) is 16.8 Å². The second kappa shape index (κ2) is 8.28. The normalized spacial score (nSPS) is 12.2. The number of rotatable bonds is 7. The number of halogens is 1. The van der Waals surface area contributed by atoms with Crippen LogP contribution in [0.25, 0.3) is 0 Å². The molecule has 1 aromatic carbocycles. The average molecular weight is 385 g/mol. The van der Waals surface area contributed by atoms with E-state index in [2.05, 4.69) is 25.9 Å². The first-order chi connectivity index (χ1) is 13.4. The molecule has 2 heterocycles. The first kappa shape index (κ1) is 19.7. The zero-order valence-electron chi connectivity index (χ0n) is 16.5. The van der Waals surface area contributed by atoms with Gasteiger partial charge in [0, 0.05) is 25.7 Å². The average Bonchev–Trinajstić information content (AvgIpc) is 3.17. The van der Waals surface area contributed by atoms with Crippen LogP contribution in [0.3, 0.4) is 0 Å². The van der Waals surface area contributed by atoms with Gasteiger partial charge in [0.2, 0.25) is 5.91 Å². The van der Waals surface area contributed by atoms with Crippen LogP contribution < -0.4 is 5.32 Å². The Kier molecular flexibility index (Phi) is 5.81. The second-order valence-electron chi connectivity index (χ2n) is 6.83. The van der Waals surface area contributed by atoms with Gasteiger partial charge in [0.15, 0.2) is 0 Å². The molecule has 0 aliphatic carbocycles. The van der Waals surface area contributed by atoms with Crippen LogP contribution in [0.1, 0.15) is 34.4 Å². The molecule has 0 saturated heterocycles. The number of carbonyl (C=O) groups is 1. The van der Waals surface area contributed by atoms with Gasteiger partial charge in [-0.05, 0) is 60.9 Å². The van der Waals surface area contributed by atoms with E-state index in [9.17, 15) is 9.18 Å². The summed E-state index contributed by atoms with van der Waals surface area (Å²) in [6, 6.07) is 5.54. The minimum Gasteiger partial charge on any atom is -0.354 e. The fourth-order valence-corrected chi connectivity index (χ4v) is 3.31. The molecule has 0 aliphatic rings. The molecule has 1 amide bonds. The van der Waals surface area contributed by atoms with Gasteiger partial charge in [0.05, 0.1) is 5.69 Å². The number of aryl methyl sites for hydroxylation is 3. The van der Waals surface area contributed by atoms with Crippen LogP contribution in [0.5, 0.6) is 0 Å². The van der Waals surface area contributed by atoms with Crippen LogP contribution in [0, 0.1) is 26.6 Å². The molecule has 1 unspecified atom stereocenters. The standard InChI is InChI=1S/C19H24FN7O/c1-12-17(13(2)26(4)23-12)8-9-21-19(28)18(27-14(3)22-24-25-27)11-15-6-5-7-16(20)10-15/h5-7,10,18H,8-9,11H2,1-4H3,(H,21,28). The molecular formula is C19H24FN7O. The molecule has 0 aliphatic heterocycles. The van der Waals surface area contributed by atoms with E-state index in [4.69, 9.17) is 0 Å². The van der Waals surface area contributed by atoms with Crippen LogP contribution in [0.15, 0.2) is 24.3 Å². The van der Waals surface area contributed by atoms with Crippen molar-refractivity contribution in [2.75, 3.05) is 6.54 Å². The molecule has 0 bridgehead atoms. The molecule has 2 aromatic heterocycles. The van der Waals surface area contributed by atoms with E-state index < -0.39 is 6.04 Å². The van der Waals surface area contributed by atoms with Gasteiger partial charge in [-0.3, -0.25) is 9.48 Å². The van der Waals surface area contributed by atoms with Crippen LogP contribution in [0.2, 0.25) is 0 Å². The largest absolute Gasteiger partial charge is 0.354 e. The first-order valence-electron chi connectivity index (χ1n) is 9.12. The van der Waals surface area contributed by atoms with E-state index in [0.717, 1.165) is 17.0 Å². The molecule has 0 saturated carbocycles. The lowest BCUT2D eigenvalue weighted by atomic mass is 10.0.